The third-order valence-corrected chi connectivity index (χ3v) is 6.49. The van der Waals surface area contributed by atoms with Crippen LogP contribution < -0.4 is 20.7 Å². The summed E-state index contributed by atoms with van der Waals surface area (Å²) in [4.78, 5) is 16.1. The van der Waals surface area contributed by atoms with E-state index in [2.05, 4.69) is 69.2 Å². The SMILES string of the molecule is CN(C)C[C@@]1(c2ccc(Nc3nc(-c4cnc5c(c4)NCCO5)cn4ccnc34)cc2)CNCCO1. The molecule has 0 radical (unpaired) electrons. The maximum Gasteiger partial charge on any atom is 0.237 e. The van der Waals surface area contributed by atoms with Crippen LogP contribution in [0.5, 0.6) is 5.88 Å². The highest BCUT2D eigenvalue weighted by Crippen LogP contribution is 2.32. The fraction of sp³-hybridized carbons (Fsp3) is 0.346. The first-order chi connectivity index (χ1) is 17.6. The lowest BCUT2D eigenvalue weighted by molar-refractivity contribution is -0.0836. The molecular weight excluding hydrogens is 456 g/mol. The van der Waals surface area contributed by atoms with Gasteiger partial charge in [0.05, 0.1) is 18.0 Å². The van der Waals surface area contributed by atoms with Crippen LogP contribution in [0.1, 0.15) is 5.56 Å². The first kappa shape index (κ1) is 22.7. The van der Waals surface area contributed by atoms with Gasteiger partial charge in [-0.3, -0.25) is 0 Å². The summed E-state index contributed by atoms with van der Waals surface area (Å²) < 4.78 is 13.9. The molecule has 1 saturated heterocycles. The van der Waals surface area contributed by atoms with Crippen molar-refractivity contribution in [1.29, 1.82) is 0 Å². The van der Waals surface area contributed by atoms with E-state index in [1.807, 2.05) is 22.9 Å². The number of likely N-dealkylation sites (N-methyl/N-ethyl adjacent to an activating group) is 1. The van der Waals surface area contributed by atoms with Crippen molar-refractivity contribution >= 4 is 22.8 Å². The molecule has 2 aliphatic rings. The average molecular weight is 487 g/mol. The second-order valence-electron chi connectivity index (χ2n) is 9.44. The molecule has 4 aromatic rings. The first-order valence-corrected chi connectivity index (χ1v) is 12.2. The van der Waals surface area contributed by atoms with Crippen LogP contribution in [0.3, 0.4) is 0 Å². The van der Waals surface area contributed by atoms with Gasteiger partial charge in [0.2, 0.25) is 5.88 Å². The third-order valence-electron chi connectivity index (χ3n) is 6.49. The van der Waals surface area contributed by atoms with Gasteiger partial charge in [0.25, 0.3) is 0 Å². The Labute approximate surface area is 209 Å². The van der Waals surface area contributed by atoms with Crippen molar-refractivity contribution in [2.45, 2.75) is 5.60 Å². The molecule has 1 aromatic carbocycles. The molecule has 5 heterocycles. The number of rotatable bonds is 6. The first-order valence-electron chi connectivity index (χ1n) is 12.2. The lowest BCUT2D eigenvalue weighted by Gasteiger charge is -2.40. The molecule has 6 rings (SSSR count). The van der Waals surface area contributed by atoms with E-state index in [0.717, 1.165) is 60.0 Å². The van der Waals surface area contributed by atoms with Gasteiger partial charge in [-0.1, -0.05) is 12.1 Å². The van der Waals surface area contributed by atoms with Crippen molar-refractivity contribution in [3.63, 3.8) is 0 Å². The zero-order valence-corrected chi connectivity index (χ0v) is 20.5. The summed E-state index contributed by atoms with van der Waals surface area (Å²) in [7, 11) is 4.15. The number of fused-ring (bicyclic) bond motifs is 2. The molecule has 0 amide bonds. The van der Waals surface area contributed by atoms with Crippen molar-refractivity contribution in [3.8, 4) is 17.1 Å². The number of anilines is 3. The Balaban J connectivity index is 1.30. The molecule has 10 heteroatoms. The minimum atomic E-state index is -0.369. The monoisotopic (exact) mass is 486 g/mol. The predicted molar refractivity (Wildman–Crippen MR) is 139 cm³/mol. The Kier molecular flexibility index (Phi) is 5.92. The van der Waals surface area contributed by atoms with Crippen molar-refractivity contribution in [3.05, 3.63) is 60.7 Å². The van der Waals surface area contributed by atoms with Crippen LogP contribution in [0.4, 0.5) is 17.2 Å². The smallest absolute Gasteiger partial charge is 0.237 e. The van der Waals surface area contributed by atoms with Gasteiger partial charge in [-0.15, -0.1) is 0 Å². The topological polar surface area (TPSA) is 101 Å². The van der Waals surface area contributed by atoms with Gasteiger partial charge in [-0.25, -0.2) is 15.0 Å². The maximum absolute atomic E-state index is 6.30. The number of pyridine rings is 1. The zero-order valence-electron chi connectivity index (χ0n) is 20.5. The van der Waals surface area contributed by atoms with Crippen LogP contribution >= 0.6 is 0 Å². The van der Waals surface area contributed by atoms with Gasteiger partial charge in [0.15, 0.2) is 11.5 Å². The number of benzene rings is 1. The summed E-state index contributed by atoms with van der Waals surface area (Å²) in [5.74, 6) is 1.29. The van der Waals surface area contributed by atoms with Gasteiger partial charge < -0.3 is 34.7 Å². The minimum Gasteiger partial charge on any atom is -0.474 e. The summed E-state index contributed by atoms with van der Waals surface area (Å²) in [6.45, 7) is 4.53. The lowest BCUT2D eigenvalue weighted by Crippen LogP contribution is -2.52. The Morgan fingerprint density at radius 1 is 1.14 bits per heavy atom. The van der Waals surface area contributed by atoms with E-state index < -0.39 is 0 Å². The third kappa shape index (κ3) is 4.34. The van der Waals surface area contributed by atoms with Gasteiger partial charge in [0, 0.05) is 62.2 Å². The second-order valence-corrected chi connectivity index (χ2v) is 9.44. The summed E-state index contributed by atoms with van der Waals surface area (Å²) >= 11 is 0. The molecule has 0 bridgehead atoms. The molecule has 2 aliphatic heterocycles. The Bertz CT molecular complexity index is 1360. The summed E-state index contributed by atoms with van der Waals surface area (Å²) in [5, 5.41) is 10.3. The van der Waals surface area contributed by atoms with Crippen LogP contribution in [0.2, 0.25) is 0 Å². The van der Waals surface area contributed by atoms with Gasteiger partial charge >= 0.3 is 0 Å². The normalized spacial score (nSPS) is 19.5. The highest BCUT2D eigenvalue weighted by Gasteiger charge is 2.35. The predicted octanol–water partition coefficient (Wildman–Crippen LogP) is 2.72. The number of nitrogens with one attached hydrogen (secondary N) is 3. The fourth-order valence-corrected chi connectivity index (χ4v) is 4.86. The molecule has 3 N–H and O–H groups in total. The van der Waals surface area contributed by atoms with Crippen molar-refractivity contribution in [2.75, 3.05) is 64.1 Å². The molecule has 0 aliphatic carbocycles. The van der Waals surface area contributed by atoms with Gasteiger partial charge in [-0.05, 0) is 37.9 Å². The lowest BCUT2D eigenvalue weighted by atomic mass is 9.91. The largest absolute Gasteiger partial charge is 0.474 e. The standard InChI is InChI=1S/C26H30N8O2/c1-33(2)17-26(16-27-8-12-36-26)19-3-5-20(6-4-19)31-23-24-29-7-10-34(24)15-22(32-23)18-13-21-25(30-14-18)35-11-9-28-21/h3-7,10,13-15,27-28H,8-9,11-12,16-17H2,1-2H3,(H,31,32)/t26-/m1/s1. The second kappa shape index (κ2) is 9.38. The van der Waals surface area contributed by atoms with Crippen LogP contribution in [0.25, 0.3) is 16.9 Å². The van der Waals surface area contributed by atoms with E-state index in [1.54, 1.807) is 12.4 Å². The number of imidazole rings is 1. The quantitative estimate of drug-likeness (QED) is 0.380. The number of nitrogens with zero attached hydrogens (tertiary/aromatic N) is 5. The van der Waals surface area contributed by atoms with Crippen LogP contribution in [0.15, 0.2) is 55.1 Å². The van der Waals surface area contributed by atoms with Gasteiger partial charge in [0.1, 0.15) is 12.2 Å². The molecule has 0 spiro atoms. The number of aromatic nitrogens is 4. The minimum absolute atomic E-state index is 0.369. The molecule has 0 saturated carbocycles. The van der Waals surface area contributed by atoms with Crippen molar-refractivity contribution in [1.82, 2.24) is 29.6 Å². The van der Waals surface area contributed by atoms with Gasteiger partial charge in [-0.2, -0.15) is 0 Å². The maximum atomic E-state index is 6.30. The zero-order chi connectivity index (χ0) is 24.5. The number of morpholine rings is 1. The molecule has 10 nitrogen and oxygen atoms in total. The number of hydrogen-bond donors (Lipinski definition) is 3. The summed E-state index contributed by atoms with van der Waals surface area (Å²) in [6, 6.07) is 10.4. The van der Waals surface area contributed by atoms with Crippen LogP contribution in [-0.2, 0) is 10.3 Å². The Hall–Kier alpha value is -3.73. The van der Waals surface area contributed by atoms with Crippen molar-refractivity contribution in [2.24, 2.45) is 0 Å². The van der Waals surface area contributed by atoms with E-state index in [1.165, 1.54) is 0 Å². The van der Waals surface area contributed by atoms with Crippen LogP contribution in [-0.4, -0.2) is 77.7 Å². The molecule has 3 aromatic heterocycles. The Morgan fingerprint density at radius 2 is 2.03 bits per heavy atom. The highest BCUT2D eigenvalue weighted by atomic mass is 16.5. The number of ether oxygens (including phenoxy) is 2. The molecule has 0 unspecified atom stereocenters. The molecule has 36 heavy (non-hydrogen) atoms. The van der Waals surface area contributed by atoms with E-state index in [4.69, 9.17) is 14.5 Å². The van der Waals surface area contributed by atoms with E-state index in [9.17, 15) is 0 Å². The average Bonchev–Trinajstić information content (AvgIpc) is 3.38. The van der Waals surface area contributed by atoms with Crippen LogP contribution in [0, 0.1) is 0 Å². The van der Waals surface area contributed by atoms with E-state index in [-0.39, 0.29) is 5.60 Å². The fourth-order valence-electron chi connectivity index (χ4n) is 4.86. The van der Waals surface area contributed by atoms with Crippen molar-refractivity contribution < 1.29 is 9.47 Å². The molecule has 1 fully saturated rings. The number of hydrogen-bond acceptors (Lipinski definition) is 9. The molecule has 186 valence electrons. The molecular formula is C26H30N8O2. The molecule has 1 atom stereocenters. The summed E-state index contributed by atoms with van der Waals surface area (Å²) in [5.41, 5.74) is 5.02. The van der Waals surface area contributed by atoms with E-state index >= 15 is 0 Å². The highest BCUT2D eigenvalue weighted by molar-refractivity contribution is 5.75. The van der Waals surface area contributed by atoms with E-state index in [0.29, 0.717) is 24.9 Å². The Morgan fingerprint density at radius 3 is 2.83 bits per heavy atom. The summed E-state index contributed by atoms with van der Waals surface area (Å²) in [6.07, 6.45) is 7.44.